The second-order valence-corrected chi connectivity index (χ2v) is 8.99. The number of esters is 1. The van der Waals surface area contributed by atoms with Crippen LogP contribution < -0.4 is 10.2 Å². The van der Waals surface area contributed by atoms with Crippen molar-refractivity contribution in [3.63, 3.8) is 0 Å². The predicted molar refractivity (Wildman–Crippen MR) is 124 cm³/mol. The lowest BCUT2D eigenvalue weighted by Crippen LogP contribution is -2.61. The summed E-state index contributed by atoms with van der Waals surface area (Å²) < 4.78 is 5.32. The normalized spacial score (nSPS) is 16.4. The van der Waals surface area contributed by atoms with Gasteiger partial charge in [0.05, 0.1) is 29.2 Å². The molecule has 2 aliphatic rings. The Hall–Kier alpha value is -3.59. The highest BCUT2D eigenvalue weighted by atomic mass is 32.1. The first kappa shape index (κ1) is 21.3. The number of anilines is 2. The van der Waals surface area contributed by atoms with Crippen LogP contribution in [0, 0.1) is 0 Å². The Balaban J connectivity index is 1.28. The lowest BCUT2D eigenvalue weighted by Gasteiger charge is -2.44. The average molecular weight is 463 g/mol. The van der Waals surface area contributed by atoms with E-state index in [1.165, 1.54) is 11.3 Å². The van der Waals surface area contributed by atoms with Crippen molar-refractivity contribution in [2.75, 3.05) is 16.8 Å². The molecule has 1 saturated carbocycles. The predicted octanol–water partition coefficient (Wildman–Crippen LogP) is 3.59. The lowest BCUT2D eigenvalue weighted by molar-refractivity contribution is -0.147. The van der Waals surface area contributed by atoms with Gasteiger partial charge in [-0.15, -0.1) is 11.3 Å². The van der Waals surface area contributed by atoms with Crippen LogP contribution in [-0.4, -0.2) is 39.9 Å². The molecule has 0 atom stereocenters. The molecular weight excluding hydrogens is 440 g/mol. The maximum atomic E-state index is 13.3. The van der Waals surface area contributed by atoms with E-state index in [9.17, 15) is 14.4 Å². The molecule has 2 amide bonds. The summed E-state index contributed by atoms with van der Waals surface area (Å²) in [6.45, 7) is -0.431. The average Bonchev–Trinajstić information content (AvgIpc) is 3.50. The highest BCUT2D eigenvalue weighted by Crippen LogP contribution is 2.45. The molecule has 1 aliphatic carbocycles. The van der Waals surface area contributed by atoms with Crippen molar-refractivity contribution < 1.29 is 19.1 Å². The van der Waals surface area contributed by atoms with Crippen LogP contribution >= 0.6 is 11.3 Å². The number of ether oxygens (including phenoxy) is 1. The molecule has 33 heavy (non-hydrogen) atoms. The Morgan fingerprint density at radius 1 is 1.12 bits per heavy atom. The molecule has 1 fully saturated rings. The second-order valence-electron chi connectivity index (χ2n) is 8.14. The minimum absolute atomic E-state index is 0.0428. The molecule has 1 spiro atoms. The van der Waals surface area contributed by atoms with Crippen LogP contribution in [0.1, 0.15) is 31.4 Å². The zero-order valence-corrected chi connectivity index (χ0v) is 18.6. The second kappa shape index (κ2) is 8.74. The summed E-state index contributed by atoms with van der Waals surface area (Å²) in [6, 6.07) is 12.8. The fourth-order valence-corrected chi connectivity index (χ4v) is 5.32. The van der Waals surface area contributed by atoms with E-state index in [1.807, 2.05) is 36.4 Å². The van der Waals surface area contributed by atoms with Crippen molar-refractivity contribution in [2.45, 2.75) is 37.6 Å². The summed E-state index contributed by atoms with van der Waals surface area (Å²) in [4.78, 5) is 48.9. The Morgan fingerprint density at radius 3 is 2.70 bits per heavy atom. The Kier molecular flexibility index (Phi) is 5.63. The Labute approximate surface area is 194 Å². The van der Waals surface area contributed by atoms with Gasteiger partial charge >= 0.3 is 5.97 Å². The summed E-state index contributed by atoms with van der Waals surface area (Å²) in [7, 11) is 0. The minimum Gasteiger partial charge on any atom is -0.455 e. The molecule has 2 aromatic heterocycles. The van der Waals surface area contributed by atoms with Gasteiger partial charge in [0.25, 0.3) is 11.8 Å². The first-order chi connectivity index (χ1) is 16.1. The summed E-state index contributed by atoms with van der Waals surface area (Å²) in [5.41, 5.74) is 1.60. The van der Waals surface area contributed by atoms with Gasteiger partial charge in [-0.1, -0.05) is 31.0 Å². The van der Waals surface area contributed by atoms with Gasteiger partial charge < -0.3 is 10.1 Å². The summed E-state index contributed by atoms with van der Waals surface area (Å²) in [5, 5.41) is 5.44. The van der Waals surface area contributed by atoms with Gasteiger partial charge in [-0.05, 0) is 37.1 Å². The number of carbonyl (C=O) groups is 3. The lowest BCUT2D eigenvalue weighted by atomic mass is 9.90. The maximum Gasteiger partial charge on any atom is 0.312 e. The molecule has 0 unspecified atom stereocenters. The third-order valence-corrected chi connectivity index (χ3v) is 6.96. The van der Waals surface area contributed by atoms with Crippen molar-refractivity contribution in [3.8, 4) is 10.7 Å². The summed E-state index contributed by atoms with van der Waals surface area (Å²) in [5.74, 6) is -1.13. The van der Waals surface area contributed by atoms with E-state index in [0.717, 1.165) is 18.5 Å². The number of amides is 2. The zero-order chi connectivity index (χ0) is 22.8. The summed E-state index contributed by atoms with van der Waals surface area (Å²) in [6.07, 6.45) is 4.54. The fourth-order valence-electron chi connectivity index (χ4n) is 4.53. The molecule has 3 heterocycles. The Bertz CT molecular complexity index is 1200. The van der Waals surface area contributed by atoms with E-state index in [4.69, 9.17) is 4.74 Å². The first-order valence-corrected chi connectivity index (χ1v) is 11.7. The quantitative estimate of drug-likeness (QED) is 0.582. The van der Waals surface area contributed by atoms with E-state index >= 15 is 0 Å². The molecule has 5 rings (SSSR count). The van der Waals surface area contributed by atoms with Crippen molar-refractivity contribution in [1.82, 2.24) is 9.97 Å². The van der Waals surface area contributed by atoms with Gasteiger partial charge in [0.15, 0.2) is 6.61 Å². The van der Waals surface area contributed by atoms with Crippen LogP contribution in [0.15, 0.2) is 54.0 Å². The number of nitrogens with one attached hydrogen (secondary N) is 1. The van der Waals surface area contributed by atoms with Crippen LogP contribution in [0.5, 0.6) is 0 Å². The highest BCUT2D eigenvalue weighted by Gasteiger charge is 2.52. The van der Waals surface area contributed by atoms with Gasteiger partial charge in [-0.2, -0.15) is 0 Å². The molecule has 3 aromatic rings. The molecule has 1 N–H and O–H groups in total. The SMILES string of the molecule is O=C(Cc1csc(-c2ccccn2)n1)OCC(=O)N1c2ccccc2NC(=O)C12CCCC2. The van der Waals surface area contributed by atoms with Gasteiger partial charge in [-0.3, -0.25) is 24.3 Å². The van der Waals surface area contributed by atoms with Gasteiger partial charge in [-0.25, -0.2) is 4.98 Å². The van der Waals surface area contributed by atoms with Gasteiger partial charge in [0.1, 0.15) is 10.5 Å². The van der Waals surface area contributed by atoms with E-state index in [-0.39, 0.29) is 12.3 Å². The smallest absolute Gasteiger partial charge is 0.312 e. The van der Waals surface area contributed by atoms with Gasteiger partial charge in [0.2, 0.25) is 0 Å². The standard InChI is InChI=1S/C24H22N4O4S/c29-20(14-32-21(30)13-16-15-33-22(26-16)18-8-3-6-12-25-18)28-19-9-2-1-7-17(19)27-23(31)24(28)10-4-5-11-24/h1-3,6-9,12,15H,4-5,10-11,13-14H2,(H,27,31). The van der Waals surface area contributed by atoms with Crippen molar-refractivity contribution >= 4 is 40.5 Å². The van der Waals surface area contributed by atoms with E-state index in [0.29, 0.717) is 34.9 Å². The number of para-hydroxylation sites is 2. The molecule has 8 nitrogen and oxygen atoms in total. The molecule has 1 aliphatic heterocycles. The van der Waals surface area contributed by atoms with E-state index in [2.05, 4.69) is 15.3 Å². The highest BCUT2D eigenvalue weighted by molar-refractivity contribution is 7.13. The van der Waals surface area contributed by atoms with Crippen molar-refractivity contribution in [2.24, 2.45) is 0 Å². The van der Waals surface area contributed by atoms with Crippen molar-refractivity contribution in [1.29, 1.82) is 0 Å². The largest absolute Gasteiger partial charge is 0.455 e. The van der Waals surface area contributed by atoms with Crippen LogP contribution in [0.4, 0.5) is 11.4 Å². The number of thiazole rings is 1. The van der Waals surface area contributed by atoms with Crippen molar-refractivity contribution in [3.05, 3.63) is 59.7 Å². The number of hydrogen-bond acceptors (Lipinski definition) is 7. The molecule has 0 bridgehead atoms. The number of fused-ring (bicyclic) bond motifs is 1. The molecule has 168 valence electrons. The Morgan fingerprint density at radius 2 is 1.91 bits per heavy atom. The monoisotopic (exact) mass is 462 g/mol. The third kappa shape index (κ3) is 4.00. The minimum atomic E-state index is -0.926. The van der Waals surface area contributed by atoms with Crippen LogP contribution in [-0.2, 0) is 25.5 Å². The molecule has 0 radical (unpaired) electrons. The number of carbonyl (C=O) groups excluding carboxylic acids is 3. The topological polar surface area (TPSA) is 101 Å². The van der Waals surface area contributed by atoms with Crippen LogP contribution in [0.3, 0.4) is 0 Å². The van der Waals surface area contributed by atoms with E-state index in [1.54, 1.807) is 22.5 Å². The number of nitrogens with zero attached hydrogens (tertiary/aromatic N) is 3. The van der Waals surface area contributed by atoms with E-state index < -0.39 is 24.0 Å². The molecule has 0 saturated heterocycles. The first-order valence-electron chi connectivity index (χ1n) is 10.8. The maximum absolute atomic E-state index is 13.3. The fraction of sp³-hybridized carbons (Fsp3) is 0.292. The molecule has 1 aromatic carbocycles. The summed E-state index contributed by atoms with van der Waals surface area (Å²) >= 11 is 1.40. The molecular formula is C24H22N4O4S. The number of hydrogen-bond donors (Lipinski definition) is 1. The number of aromatic nitrogens is 2. The zero-order valence-electron chi connectivity index (χ0n) is 17.8. The third-order valence-electron chi connectivity index (χ3n) is 6.04. The number of pyridine rings is 1. The molecule has 9 heteroatoms. The van der Waals surface area contributed by atoms with Crippen LogP contribution in [0.25, 0.3) is 10.7 Å². The number of rotatable bonds is 5. The van der Waals surface area contributed by atoms with Gasteiger partial charge in [0, 0.05) is 11.6 Å². The number of benzene rings is 1. The van der Waals surface area contributed by atoms with Crippen LogP contribution in [0.2, 0.25) is 0 Å².